The molecule has 15 heavy (non-hydrogen) atoms. The van der Waals surface area contributed by atoms with E-state index in [0.717, 1.165) is 12.8 Å². The lowest BCUT2D eigenvalue weighted by molar-refractivity contribution is 0.520. The summed E-state index contributed by atoms with van der Waals surface area (Å²) in [4.78, 5) is 0. The smallest absolute Gasteiger partial charge is 0.0463 e. The summed E-state index contributed by atoms with van der Waals surface area (Å²) >= 11 is 0. The van der Waals surface area contributed by atoms with Crippen molar-refractivity contribution in [2.45, 2.75) is 32.7 Å². The molecule has 0 aliphatic heterocycles. The fraction of sp³-hybridized carbons (Fsp3) is 0.385. The minimum atomic E-state index is 0.224. The fourth-order valence-corrected chi connectivity index (χ4v) is 1.61. The first-order valence-electron chi connectivity index (χ1n) is 5.33. The van der Waals surface area contributed by atoms with Crippen LogP contribution in [0.1, 0.15) is 35.6 Å². The number of nitrogens with two attached hydrogens (primary N) is 1. The van der Waals surface area contributed by atoms with Gasteiger partial charge < -0.3 is 0 Å². The Morgan fingerprint density at radius 3 is 2.67 bits per heavy atom. The van der Waals surface area contributed by atoms with Crippen LogP contribution in [-0.2, 0) is 0 Å². The monoisotopic (exact) mass is 204 g/mol. The first-order chi connectivity index (χ1) is 7.19. The SMILES string of the molecule is C=CCCC(NN)c1ccc(C)c(C)c1. The topological polar surface area (TPSA) is 38.0 Å². The van der Waals surface area contributed by atoms with Crippen LogP contribution in [0.5, 0.6) is 0 Å². The Kier molecular flexibility index (Phi) is 4.53. The number of aryl methyl sites for hydroxylation is 2. The zero-order valence-corrected chi connectivity index (χ0v) is 9.59. The van der Waals surface area contributed by atoms with Crippen LogP contribution in [-0.4, -0.2) is 0 Å². The van der Waals surface area contributed by atoms with Crippen molar-refractivity contribution in [3.63, 3.8) is 0 Å². The van der Waals surface area contributed by atoms with Gasteiger partial charge in [-0.15, -0.1) is 6.58 Å². The summed E-state index contributed by atoms with van der Waals surface area (Å²) in [6, 6.07) is 6.70. The summed E-state index contributed by atoms with van der Waals surface area (Å²) in [5.41, 5.74) is 6.73. The molecular weight excluding hydrogens is 184 g/mol. The molecule has 1 rings (SSSR count). The molecule has 1 atom stereocenters. The Hall–Kier alpha value is -1.12. The molecule has 1 aromatic carbocycles. The van der Waals surface area contributed by atoms with E-state index in [0.29, 0.717) is 0 Å². The van der Waals surface area contributed by atoms with Gasteiger partial charge in [-0.1, -0.05) is 24.3 Å². The average molecular weight is 204 g/mol. The summed E-state index contributed by atoms with van der Waals surface area (Å²) in [6.45, 7) is 7.97. The van der Waals surface area contributed by atoms with Crippen molar-refractivity contribution < 1.29 is 0 Å². The van der Waals surface area contributed by atoms with E-state index in [9.17, 15) is 0 Å². The lowest BCUT2D eigenvalue weighted by Gasteiger charge is -2.16. The van der Waals surface area contributed by atoms with Crippen LogP contribution in [0.25, 0.3) is 0 Å². The summed E-state index contributed by atoms with van der Waals surface area (Å²) in [6.07, 6.45) is 3.88. The molecule has 0 aromatic heterocycles. The predicted molar refractivity (Wildman–Crippen MR) is 65.4 cm³/mol. The van der Waals surface area contributed by atoms with Crippen LogP contribution in [0.2, 0.25) is 0 Å². The van der Waals surface area contributed by atoms with Gasteiger partial charge in [0.15, 0.2) is 0 Å². The number of allylic oxidation sites excluding steroid dienone is 1. The van der Waals surface area contributed by atoms with Gasteiger partial charge >= 0.3 is 0 Å². The van der Waals surface area contributed by atoms with Gasteiger partial charge in [0.1, 0.15) is 0 Å². The third-order valence-electron chi connectivity index (χ3n) is 2.79. The number of hydrogen-bond donors (Lipinski definition) is 2. The molecule has 0 radical (unpaired) electrons. The Bertz CT molecular complexity index is 331. The zero-order valence-electron chi connectivity index (χ0n) is 9.59. The molecule has 0 aliphatic carbocycles. The van der Waals surface area contributed by atoms with Crippen molar-refractivity contribution in [2.75, 3.05) is 0 Å². The predicted octanol–water partition coefficient (Wildman–Crippen LogP) is 2.77. The van der Waals surface area contributed by atoms with E-state index in [1.165, 1.54) is 16.7 Å². The second-order valence-corrected chi connectivity index (χ2v) is 3.93. The number of nitrogens with one attached hydrogen (secondary N) is 1. The third-order valence-corrected chi connectivity index (χ3v) is 2.79. The van der Waals surface area contributed by atoms with Gasteiger partial charge in [-0.25, -0.2) is 0 Å². The first-order valence-corrected chi connectivity index (χ1v) is 5.33. The average Bonchev–Trinajstić information content (AvgIpc) is 2.24. The van der Waals surface area contributed by atoms with E-state index in [4.69, 9.17) is 5.84 Å². The van der Waals surface area contributed by atoms with Gasteiger partial charge in [-0.3, -0.25) is 11.3 Å². The highest BCUT2D eigenvalue weighted by Gasteiger charge is 2.08. The Labute approximate surface area is 92.2 Å². The maximum absolute atomic E-state index is 5.55. The first kappa shape index (κ1) is 12.0. The van der Waals surface area contributed by atoms with Gasteiger partial charge in [-0.2, -0.15) is 0 Å². The van der Waals surface area contributed by atoms with Crippen molar-refractivity contribution >= 4 is 0 Å². The molecule has 2 heteroatoms. The molecular formula is C13H20N2. The van der Waals surface area contributed by atoms with Crippen molar-refractivity contribution in [1.29, 1.82) is 0 Å². The van der Waals surface area contributed by atoms with Gasteiger partial charge in [0, 0.05) is 6.04 Å². The second-order valence-electron chi connectivity index (χ2n) is 3.93. The molecule has 2 nitrogen and oxygen atoms in total. The molecule has 0 amide bonds. The highest BCUT2D eigenvalue weighted by molar-refractivity contribution is 5.31. The lowest BCUT2D eigenvalue weighted by Crippen LogP contribution is -2.27. The quantitative estimate of drug-likeness (QED) is 0.440. The van der Waals surface area contributed by atoms with E-state index >= 15 is 0 Å². The van der Waals surface area contributed by atoms with Crippen LogP contribution in [0.3, 0.4) is 0 Å². The number of hydrazine groups is 1. The van der Waals surface area contributed by atoms with Crippen molar-refractivity contribution in [3.05, 3.63) is 47.5 Å². The third kappa shape index (κ3) is 3.18. The van der Waals surface area contributed by atoms with Crippen molar-refractivity contribution in [2.24, 2.45) is 5.84 Å². The Morgan fingerprint density at radius 2 is 2.13 bits per heavy atom. The van der Waals surface area contributed by atoms with Crippen molar-refractivity contribution in [3.8, 4) is 0 Å². The molecule has 1 aromatic rings. The van der Waals surface area contributed by atoms with Crippen LogP contribution >= 0.6 is 0 Å². The molecule has 82 valence electrons. The number of hydrogen-bond acceptors (Lipinski definition) is 2. The van der Waals surface area contributed by atoms with E-state index in [1.54, 1.807) is 0 Å². The molecule has 0 bridgehead atoms. The normalized spacial score (nSPS) is 12.5. The van der Waals surface area contributed by atoms with Gasteiger partial charge in [-0.05, 0) is 43.4 Å². The minimum absolute atomic E-state index is 0.224. The van der Waals surface area contributed by atoms with Crippen LogP contribution in [0.4, 0.5) is 0 Å². The van der Waals surface area contributed by atoms with Crippen molar-refractivity contribution in [1.82, 2.24) is 5.43 Å². The maximum Gasteiger partial charge on any atom is 0.0463 e. The maximum atomic E-state index is 5.55. The van der Waals surface area contributed by atoms with Gasteiger partial charge in [0.2, 0.25) is 0 Å². The number of benzene rings is 1. The highest BCUT2D eigenvalue weighted by atomic mass is 15.2. The fourth-order valence-electron chi connectivity index (χ4n) is 1.61. The summed E-state index contributed by atoms with van der Waals surface area (Å²) < 4.78 is 0. The van der Waals surface area contributed by atoms with E-state index in [-0.39, 0.29) is 6.04 Å². The summed E-state index contributed by atoms with van der Waals surface area (Å²) in [5, 5.41) is 0. The second kappa shape index (κ2) is 5.69. The van der Waals surface area contributed by atoms with Crippen LogP contribution in [0.15, 0.2) is 30.9 Å². The molecule has 0 heterocycles. The number of rotatable bonds is 5. The highest BCUT2D eigenvalue weighted by Crippen LogP contribution is 2.20. The van der Waals surface area contributed by atoms with Gasteiger partial charge in [0.25, 0.3) is 0 Å². The molecule has 0 aliphatic rings. The summed E-state index contributed by atoms with van der Waals surface area (Å²) in [5.74, 6) is 5.55. The molecule has 1 unspecified atom stereocenters. The Balaban J connectivity index is 2.82. The molecule has 0 spiro atoms. The van der Waals surface area contributed by atoms with Gasteiger partial charge in [0.05, 0.1) is 0 Å². The minimum Gasteiger partial charge on any atom is -0.271 e. The van der Waals surface area contributed by atoms with Crippen LogP contribution in [0, 0.1) is 13.8 Å². The molecule has 0 saturated heterocycles. The summed E-state index contributed by atoms with van der Waals surface area (Å²) in [7, 11) is 0. The molecule has 3 N–H and O–H groups in total. The standard InChI is InChI=1S/C13H20N2/c1-4-5-6-13(15-14)12-8-7-10(2)11(3)9-12/h4,7-9,13,15H,1,5-6,14H2,2-3H3. The molecule has 0 fully saturated rings. The van der Waals surface area contributed by atoms with E-state index in [1.807, 2.05) is 6.08 Å². The van der Waals surface area contributed by atoms with E-state index < -0.39 is 0 Å². The van der Waals surface area contributed by atoms with Crippen LogP contribution < -0.4 is 11.3 Å². The molecule has 0 saturated carbocycles. The van der Waals surface area contributed by atoms with E-state index in [2.05, 4.69) is 44.1 Å². The zero-order chi connectivity index (χ0) is 11.3. The largest absolute Gasteiger partial charge is 0.271 e. The lowest BCUT2D eigenvalue weighted by atomic mass is 9.98. The Morgan fingerprint density at radius 1 is 1.40 bits per heavy atom.